The van der Waals surface area contributed by atoms with Gasteiger partial charge in [-0.15, -0.1) is 0 Å². The molecule has 1 atom stereocenters. The predicted octanol–water partition coefficient (Wildman–Crippen LogP) is 6.82. The molecule has 0 aromatic heterocycles. The lowest BCUT2D eigenvalue weighted by Gasteiger charge is -2.19. The highest BCUT2D eigenvalue weighted by Crippen LogP contribution is 2.64. The van der Waals surface area contributed by atoms with Crippen molar-refractivity contribution in [1.29, 1.82) is 0 Å². The van der Waals surface area contributed by atoms with Crippen LogP contribution in [0.2, 0.25) is 0 Å². The molecule has 0 aliphatic heterocycles. The first-order valence-electron chi connectivity index (χ1n) is 14.1. The van der Waals surface area contributed by atoms with Crippen LogP contribution >= 0.6 is 0 Å². The van der Waals surface area contributed by atoms with E-state index in [9.17, 15) is 9.59 Å². The summed E-state index contributed by atoms with van der Waals surface area (Å²) in [6, 6.07) is 17.2. The summed E-state index contributed by atoms with van der Waals surface area (Å²) in [4.78, 5) is 23.0. The van der Waals surface area contributed by atoms with Gasteiger partial charge in [-0.1, -0.05) is 24.3 Å². The van der Waals surface area contributed by atoms with Gasteiger partial charge in [0.15, 0.2) is 0 Å². The number of ether oxygens (including phenoxy) is 3. The third kappa shape index (κ3) is 5.72. The first kappa shape index (κ1) is 27.8. The van der Waals surface area contributed by atoms with Crippen molar-refractivity contribution >= 4 is 17.6 Å². The van der Waals surface area contributed by atoms with E-state index >= 15 is 0 Å². The minimum absolute atomic E-state index is 0.117. The molecule has 0 amide bonds. The molecule has 3 aromatic carbocycles. The van der Waals surface area contributed by atoms with Gasteiger partial charge in [-0.2, -0.15) is 0 Å². The number of methoxy groups -OCH3 is 1. The first-order valence-corrected chi connectivity index (χ1v) is 14.1. The average Bonchev–Trinajstić information content (AvgIpc) is 3.63. The maximum Gasteiger partial charge on any atom is 0.306 e. The fourth-order valence-corrected chi connectivity index (χ4v) is 6.42. The summed E-state index contributed by atoms with van der Waals surface area (Å²) in [6.07, 6.45) is 3.91. The molecular weight excluding hydrogens is 502 g/mol. The summed E-state index contributed by atoms with van der Waals surface area (Å²) in [5.41, 5.74) is 11.3. The van der Waals surface area contributed by atoms with Crippen molar-refractivity contribution in [2.75, 3.05) is 25.6 Å². The predicted molar refractivity (Wildman–Crippen MR) is 157 cm³/mol. The van der Waals surface area contributed by atoms with Crippen LogP contribution in [0.3, 0.4) is 0 Å². The molecule has 5 rings (SSSR count). The Kier molecular flexibility index (Phi) is 7.88. The zero-order valence-corrected chi connectivity index (χ0v) is 24.2. The highest BCUT2D eigenvalue weighted by atomic mass is 16.6. The number of esters is 2. The molecule has 2 aliphatic rings. The van der Waals surface area contributed by atoms with Gasteiger partial charge in [0.2, 0.25) is 0 Å². The number of hydrogen-bond acceptors (Lipinski definition) is 6. The van der Waals surface area contributed by atoms with E-state index < -0.39 is 0 Å². The Morgan fingerprint density at radius 3 is 2.42 bits per heavy atom. The molecule has 0 heterocycles. The Hall–Kier alpha value is -3.80. The molecule has 6 heteroatoms. The fraction of sp³-hybridized carbons (Fsp3) is 0.412. The fourth-order valence-electron chi connectivity index (χ4n) is 6.42. The van der Waals surface area contributed by atoms with Crippen molar-refractivity contribution in [3.05, 3.63) is 81.9 Å². The van der Waals surface area contributed by atoms with E-state index in [1.54, 1.807) is 0 Å². The van der Waals surface area contributed by atoms with Gasteiger partial charge in [0.25, 0.3) is 0 Å². The van der Waals surface area contributed by atoms with Crippen LogP contribution in [0.15, 0.2) is 48.5 Å². The van der Waals surface area contributed by atoms with Crippen molar-refractivity contribution < 1.29 is 23.8 Å². The molecule has 1 N–H and O–H groups in total. The topological polar surface area (TPSA) is 73.9 Å². The van der Waals surface area contributed by atoms with Crippen LogP contribution in [-0.4, -0.2) is 32.3 Å². The summed E-state index contributed by atoms with van der Waals surface area (Å²) in [6.45, 7) is 9.09. The number of carbonyl (C=O) groups is 2. The lowest BCUT2D eigenvalue weighted by Crippen LogP contribution is -2.14. The van der Waals surface area contributed by atoms with Crippen LogP contribution in [0.4, 0.5) is 5.69 Å². The standard InChI is InChI=1S/C34H39NO5/c1-21-15-28(40-14-13-39-24(4)36)16-22(2)33(21)29-8-6-7-25(23(29)3)20-35-27-9-10-30-26(17-27)19-34(11-12-34)31(30)18-32(37)38-5/h6-10,15-17,31,35H,11-14,18-20H2,1-5H3. The second-order valence-electron chi connectivity index (χ2n) is 11.3. The molecule has 1 unspecified atom stereocenters. The zero-order chi connectivity index (χ0) is 28.4. The minimum atomic E-state index is -0.303. The molecular formula is C34H39NO5. The Balaban J connectivity index is 1.29. The van der Waals surface area contributed by atoms with Gasteiger partial charge in [0.05, 0.1) is 13.5 Å². The number of benzene rings is 3. The summed E-state index contributed by atoms with van der Waals surface area (Å²) in [5.74, 6) is 0.636. The average molecular weight is 542 g/mol. The van der Waals surface area contributed by atoms with E-state index in [1.807, 2.05) is 12.1 Å². The van der Waals surface area contributed by atoms with Gasteiger partial charge in [0, 0.05) is 25.1 Å². The van der Waals surface area contributed by atoms with Gasteiger partial charge in [-0.05, 0) is 114 Å². The Bertz CT molecular complexity index is 1420. The van der Waals surface area contributed by atoms with Gasteiger partial charge < -0.3 is 19.5 Å². The zero-order valence-electron chi connectivity index (χ0n) is 24.2. The molecule has 3 aromatic rings. The number of anilines is 1. The molecule has 0 bridgehead atoms. The van der Waals surface area contributed by atoms with Crippen molar-refractivity contribution in [1.82, 2.24) is 0 Å². The second-order valence-corrected chi connectivity index (χ2v) is 11.3. The van der Waals surface area contributed by atoms with Gasteiger partial charge >= 0.3 is 11.9 Å². The highest BCUT2D eigenvalue weighted by Gasteiger charge is 2.54. The molecule has 1 spiro atoms. The van der Waals surface area contributed by atoms with E-state index in [4.69, 9.17) is 14.2 Å². The van der Waals surface area contributed by atoms with Crippen LogP contribution in [0, 0.1) is 26.2 Å². The highest BCUT2D eigenvalue weighted by molar-refractivity contribution is 5.76. The normalized spacial score (nSPS) is 16.4. The van der Waals surface area contributed by atoms with E-state index in [1.165, 1.54) is 60.3 Å². The second kappa shape index (κ2) is 11.4. The summed E-state index contributed by atoms with van der Waals surface area (Å²) < 4.78 is 15.8. The number of nitrogens with one attached hydrogen (secondary N) is 1. The SMILES string of the molecule is COC(=O)CC1c2ccc(NCc3cccc(-c4c(C)cc(OCCOC(C)=O)cc4C)c3C)cc2CC12CC2. The summed E-state index contributed by atoms with van der Waals surface area (Å²) >= 11 is 0. The molecule has 2 aliphatic carbocycles. The quantitative estimate of drug-likeness (QED) is 0.224. The third-order valence-corrected chi connectivity index (χ3v) is 8.65. The Morgan fingerprint density at radius 1 is 1.00 bits per heavy atom. The van der Waals surface area contributed by atoms with Crippen molar-refractivity contribution in [3.8, 4) is 16.9 Å². The number of fused-ring (bicyclic) bond motifs is 1. The minimum Gasteiger partial charge on any atom is -0.490 e. The van der Waals surface area contributed by atoms with Gasteiger partial charge in [-0.3, -0.25) is 9.59 Å². The first-order chi connectivity index (χ1) is 19.2. The summed E-state index contributed by atoms with van der Waals surface area (Å²) in [5, 5.41) is 3.65. The Morgan fingerprint density at radius 2 is 1.75 bits per heavy atom. The monoisotopic (exact) mass is 541 g/mol. The van der Waals surface area contributed by atoms with E-state index in [-0.39, 0.29) is 29.9 Å². The maximum absolute atomic E-state index is 12.1. The Labute approximate surface area is 237 Å². The number of hydrogen-bond donors (Lipinski definition) is 1. The largest absolute Gasteiger partial charge is 0.490 e. The van der Waals surface area contributed by atoms with Crippen molar-refractivity contribution in [2.24, 2.45) is 5.41 Å². The van der Waals surface area contributed by atoms with Crippen LogP contribution in [0.1, 0.15) is 65.5 Å². The third-order valence-electron chi connectivity index (χ3n) is 8.65. The molecule has 1 fully saturated rings. The molecule has 0 radical (unpaired) electrons. The van der Waals surface area contributed by atoms with Crippen LogP contribution in [-0.2, 0) is 32.0 Å². The smallest absolute Gasteiger partial charge is 0.306 e. The van der Waals surface area contributed by atoms with E-state index in [0.29, 0.717) is 13.0 Å². The van der Waals surface area contributed by atoms with E-state index in [2.05, 4.69) is 62.5 Å². The number of rotatable bonds is 10. The van der Waals surface area contributed by atoms with Crippen LogP contribution in [0.5, 0.6) is 5.75 Å². The summed E-state index contributed by atoms with van der Waals surface area (Å²) in [7, 11) is 1.48. The lowest BCUT2D eigenvalue weighted by molar-refractivity contribution is -0.142. The molecule has 6 nitrogen and oxygen atoms in total. The molecule has 40 heavy (non-hydrogen) atoms. The number of aryl methyl sites for hydroxylation is 2. The van der Waals surface area contributed by atoms with Gasteiger partial charge in [-0.25, -0.2) is 0 Å². The number of carbonyl (C=O) groups excluding carboxylic acids is 2. The molecule has 210 valence electrons. The van der Waals surface area contributed by atoms with E-state index in [0.717, 1.165) is 35.5 Å². The van der Waals surface area contributed by atoms with Crippen molar-refractivity contribution in [2.45, 2.75) is 65.8 Å². The van der Waals surface area contributed by atoms with Crippen LogP contribution < -0.4 is 10.1 Å². The molecule has 0 saturated heterocycles. The lowest BCUT2D eigenvalue weighted by atomic mass is 9.87. The molecule has 1 saturated carbocycles. The maximum atomic E-state index is 12.1. The van der Waals surface area contributed by atoms with Gasteiger partial charge in [0.1, 0.15) is 19.0 Å². The van der Waals surface area contributed by atoms with Crippen molar-refractivity contribution in [3.63, 3.8) is 0 Å². The van der Waals surface area contributed by atoms with Crippen LogP contribution in [0.25, 0.3) is 11.1 Å².